The summed E-state index contributed by atoms with van der Waals surface area (Å²) in [5, 5.41) is 16.0. The van der Waals surface area contributed by atoms with Crippen LogP contribution in [0.5, 0.6) is 0 Å². The topological polar surface area (TPSA) is 85.1 Å². The molecule has 0 spiro atoms. The van der Waals surface area contributed by atoms with Gasteiger partial charge in [-0.15, -0.1) is 5.10 Å². The minimum absolute atomic E-state index is 0.177. The van der Waals surface area contributed by atoms with Crippen LogP contribution in [0.2, 0.25) is 0 Å². The highest BCUT2D eigenvalue weighted by Crippen LogP contribution is 2.10. The molecule has 0 saturated heterocycles. The normalized spacial score (nSPS) is 10.0. The van der Waals surface area contributed by atoms with Gasteiger partial charge in [-0.2, -0.15) is 0 Å². The maximum atomic E-state index is 10.6. The second-order valence-corrected chi connectivity index (χ2v) is 3.04. The Kier molecular flexibility index (Phi) is 2.47. The largest absolute Gasteiger partial charge is 0.478 e. The fourth-order valence-corrected chi connectivity index (χ4v) is 1.27. The predicted molar refractivity (Wildman–Crippen MR) is 53.7 cm³/mol. The minimum Gasteiger partial charge on any atom is -0.478 e. The molecule has 0 amide bonds. The van der Waals surface area contributed by atoms with Crippen LogP contribution < -0.4 is 0 Å². The van der Waals surface area contributed by atoms with Gasteiger partial charge in [-0.25, -0.2) is 9.48 Å². The van der Waals surface area contributed by atoms with E-state index in [1.165, 1.54) is 23.0 Å². The van der Waals surface area contributed by atoms with Crippen molar-refractivity contribution >= 4 is 12.3 Å². The van der Waals surface area contributed by atoms with Gasteiger partial charge in [-0.3, -0.25) is 4.79 Å². The molecule has 0 aliphatic heterocycles. The second kappa shape index (κ2) is 3.93. The molecule has 0 fully saturated rings. The molecule has 1 aromatic carbocycles. The van der Waals surface area contributed by atoms with Crippen molar-refractivity contribution in [2.24, 2.45) is 0 Å². The molecule has 16 heavy (non-hydrogen) atoms. The molecule has 1 heterocycles. The third-order valence-electron chi connectivity index (χ3n) is 2.06. The lowest BCUT2D eigenvalue weighted by Gasteiger charge is -2.02. The Balaban J connectivity index is 2.42. The molecule has 1 N–H and O–H groups in total. The maximum Gasteiger partial charge on any atom is 0.335 e. The second-order valence-electron chi connectivity index (χ2n) is 3.04. The van der Waals surface area contributed by atoms with Gasteiger partial charge in [-0.05, 0) is 24.3 Å². The van der Waals surface area contributed by atoms with Crippen molar-refractivity contribution in [3.8, 4) is 5.69 Å². The molecule has 1 aromatic heterocycles. The van der Waals surface area contributed by atoms with E-state index in [4.69, 9.17) is 5.11 Å². The summed E-state index contributed by atoms with van der Waals surface area (Å²) >= 11 is 0. The smallest absolute Gasteiger partial charge is 0.335 e. The van der Waals surface area contributed by atoms with Crippen molar-refractivity contribution in [3.05, 3.63) is 41.7 Å². The van der Waals surface area contributed by atoms with Gasteiger partial charge in [0.05, 0.1) is 17.4 Å². The Bertz CT molecular complexity index is 530. The van der Waals surface area contributed by atoms with E-state index in [-0.39, 0.29) is 5.56 Å². The Morgan fingerprint density at radius 3 is 2.56 bits per heavy atom. The summed E-state index contributed by atoms with van der Waals surface area (Å²) in [4.78, 5) is 21.3. The number of aldehydes is 1. The third-order valence-corrected chi connectivity index (χ3v) is 2.06. The van der Waals surface area contributed by atoms with Gasteiger partial charge in [0.25, 0.3) is 0 Å². The first-order valence-electron chi connectivity index (χ1n) is 4.42. The SMILES string of the molecule is O=Cc1cnnn1-c1ccc(C(=O)O)cc1. The zero-order valence-corrected chi connectivity index (χ0v) is 8.07. The predicted octanol–water partition coefficient (Wildman–Crippen LogP) is 0.778. The van der Waals surface area contributed by atoms with Crippen LogP contribution in [0.3, 0.4) is 0 Å². The molecule has 80 valence electrons. The molecule has 0 atom stereocenters. The van der Waals surface area contributed by atoms with Crippen molar-refractivity contribution in [2.75, 3.05) is 0 Å². The summed E-state index contributed by atoms with van der Waals surface area (Å²) in [6, 6.07) is 6.00. The van der Waals surface area contributed by atoms with Gasteiger partial charge in [0.2, 0.25) is 0 Å². The van der Waals surface area contributed by atoms with Crippen LogP contribution in [0.4, 0.5) is 0 Å². The molecule has 0 aliphatic carbocycles. The molecule has 2 rings (SSSR count). The van der Waals surface area contributed by atoms with Crippen LogP contribution in [0.1, 0.15) is 20.8 Å². The summed E-state index contributed by atoms with van der Waals surface area (Å²) in [7, 11) is 0. The van der Waals surface area contributed by atoms with E-state index in [1.807, 2.05) is 0 Å². The standard InChI is InChI=1S/C10H7N3O3/c14-6-9-5-11-12-13(9)8-3-1-7(2-4-8)10(15)16/h1-6H,(H,15,16). The van der Waals surface area contributed by atoms with Crippen LogP contribution >= 0.6 is 0 Å². The first-order valence-corrected chi connectivity index (χ1v) is 4.42. The van der Waals surface area contributed by atoms with Crippen molar-refractivity contribution in [1.29, 1.82) is 0 Å². The first-order chi connectivity index (χ1) is 7.72. The monoisotopic (exact) mass is 217 g/mol. The van der Waals surface area contributed by atoms with Crippen molar-refractivity contribution in [1.82, 2.24) is 15.0 Å². The molecule has 0 saturated carbocycles. The summed E-state index contributed by atoms with van der Waals surface area (Å²) < 4.78 is 1.33. The lowest BCUT2D eigenvalue weighted by atomic mass is 10.2. The highest BCUT2D eigenvalue weighted by molar-refractivity contribution is 5.87. The number of carboxylic acid groups (broad SMARTS) is 1. The molecule has 0 unspecified atom stereocenters. The van der Waals surface area contributed by atoms with E-state index < -0.39 is 5.97 Å². The van der Waals surface area contributed by atoms with Gasteiger partial charge in [0.1, 0.15) is 5.69 Å². The van der Waals surface area contributed by atoms with Crippen LogP contribution in [-0.4, -0.2) is 32.4 Å². The van der Waals surface area contributed by atoms with E-state index in [1.54, 1.807) is 12.1 Å². The number of hydrogen-bond donors (Lipinski definition) is 1. The molecule has 6 nitrogen and oxygen atoms in total. The number of hydrogen-bond acceptors (Lipinski definition) is 4. The van der Waals surface area contributed by atoms with Gasteiger partial charge >= 0.3 is 5.97 Å². The number of carbonyl (C=O) groups is 2. The zero-order valence-electron chi connectivity index (χ0n) is 8.07. The van der Waals surface area contributed by atoms with Gasteiger partial charge < -0.3 is 5.11 Å². The number of aromatic nitrogens is 3. The van der Waals surface area contributed by atoms with Gasteiger partial charge in [0.15, 0.2) is 6.29 Å². The summed E-state index contributed by atoms with van der Waals surface area (Å²) in [5.74, 6) is -0.999. The number of benzene rings is 1. The Morgan fingerprint density at radius 1 is 1.31 bits per heavy atom. The number of carbonyl (C=O) groups excluding carboxylic acids is 1. The average Bonchev–Trinajstić information content (AvgIpc) is 2.77. The molecule has 0 bridgehead atoms. The minimum atomic E-state index is -0.999. The van der Waals surface area contributed by atoms with E-state index in [0.29, 0.717) is 17.7 Å². The van der Waals surface area contributed by atoms with Crippen LogP contribution in [0, 0.1) is 0 Å². The number of rotatable bonds is 3. The molecule has 6 heteroatoms. The van der Waals surface area contributed by atoms with E-state index in [2.05, 4.69) is 10.3 Å². The van der Waals surface area contributed by atoms with Crippen LogP contribution in [-0.2, 0) is 0 Å². The fraction of sp³-hybridized carbons (Fsp3) is 0. The summed E-state index contributed by atoms with van der Waals surface area (Å²) in [6.07, 6.45) is 1.96. The van der Waals surface area contributed by atoms with Crippen molar-refractivity contribution < 1.29 is 14.7 Å². The number of nitrogens with zero attached hydrogens (tertiary/aromatic N) is 3. The lowest BCUT2D eigenvalue weighted by molar-refractivity contribution is 0.0696. The Morgan fingerprint density at radius 2 is 2.00 bits per heavy atom. The molecule has 2 aromatic rings. The number of aromatic carboxylic acids is 1. The quantitative estimate of drug-likeness (QED) is 0.768. The average molecular weight is 217 g/mol. The summed E-state index contributed by atoms with van der Waals surface area (Å²) in [6.45, 7) is 0. The molecular formula is C10H7N3O3. The lowest BCUT2D eigenvalue weighted by Crippen LogP contribution is -2.02. The third kappa shape index (κ3) is 1.68. The maximum absolute atomic E-state index is 10.6. The Hall–Kier alpha value is -2.50. The fourth-order valence-electron chi connectivity index (χ4n) is 1.27. The number of carboxylic acids is 1. The Labute approximate surface area is 90.1 Å². The highest BCUT2D eigenvalue weighted by Gasteiger charge is 2.06. The molecule has 0 aliphatic rings. The van der Waals surface area contributed by atoms with Crippen LogP contribution in [0.25, 0.3) is 5.69 Å². The van der Waals surface area contributed by atoms with Crippen molar-refractivity contribution in [3.63, 3.8) is 0 Å². The van der Waals surface area contributed by atoms with E-state index >= 15 is 0 Å². The summed E-state index contributed by atoms with van der Waals surface area (Å²) in [5.41, 5.74) is 1.07. The highest BCUT2D eigenvalue weighted by atomic mass is 16.4. The van der Waals surface area contributed by atoms with Crippen molar-refractivity contribution in [2.45, 2.75) is 0 Å². The molecule has 0 radical (unpaired) electrons. The first kappa shape index (κ1) is 10.0. The van der Waals surface area contributed by atoms with E-state index in [9.17, 15) is 9.59 Å². The van der Waals surface area contributed by atoms with Gasteiger partial charge in [-0.1, -0.05) is 5.21 Å². The van der Waals surface area contributed by atoms with E-state index in [0.717, 1.165) is 0 Å². The van der Waals surface area contributed by atoms with Gasteiger partial charge in [0, 0.05) is 0 Å². The molecular weight excluding hydrogens is 210 g/mol. The van der Waals surface area contributed by atoms with Crippen LogP contribution in [0.15, 0.2) is 30.5 Å². The zero-order chi connectivity index (χ0) is 11.5.